The van der Waals surface area contributed by atoms with Gasteiger partial charge < -0.3 is 10.1 Å². The van der Waals surface area contributed by atoms with Crippen LogP contribution in [-0.2, 0) is 17.7 Å². The van der Waals surface area contributed by atoms with Crippen molar-refractivity contribution < 1.29 is 9.53 Å². The minimum Gasteiger partial charge on any atom is -0.461 e. The Morgan fingerprint density at radius 1 is 1.47 bits per heavy atom. The van der Waals surface area contributed by atoms with Crippen molar-refractivity contribution in [2.45, 2.75) is 26.8 Å². The first-order chi connectivity index (χ1) is 9.22. The minimum absolute atomic E-state index is 0.350. The van der Waals surface area contributed by atoms with Crippen LogP contribution in [0.15, 0.2) is 11.6 Å². The molecule has 0 aromatic carbocycles. The van der Waals surface area contributed by atoms with Crippen LogP contribution in [0.25, 0.3) is 0 Å². The van der Waals surface area contributed by atoms with Crippen LogP contribution >= 0.6 is 22.7 Å². The molecule has 0 saturated carbocycles. The largest absolute Gasteiger partial charge is 0.461 e. The summed E-state index contributed by atoms with van der Waals surface area (Å²) in [5, 5.41) is 6.58. The Bertz CT molecular complexity index is 551. The van der Waals surface area contributed by atoms with E-state index in [4.69, 9.17) is 4.74 Å². The maximum absolute atomic E-state index is 11.5. The van der Waals surface area contributed by atoms with Crippen LogP contribution in [0.5, 0.6) is 0 Å². The lowest BCUT2D eigenvalue weighted by molar-refractivity contribution is 0.0520. The molecule has 0 bridgehead atoms. The summed E-state index contributed by atoms with van der Waals surface area (Å²) < 4.78 is 4.89. The lowest BCUT2D eigenvalue weighted by atomic mass is 10.4. The molecule has 0 amide bonds. The van der Waals surface area contributed by atoms with Gasteiger partial charge in [-0.25, -0.2) is 14.8 Å². The number of hydrogen-bond acceptors (Lipinski definition) is 7. The third-order valence-electron chi connectivity index (χ3n) is 2.33. The fraction of sp³-hybridized carbons (Fsp3) is 0.417. The summed E-state index contributed by atoms with van der Waals surface area (Å²) in [6.45, 7) is 4.87. The highest BCUT2D eigenvalue weighted by Gasteiger charge is 2.11. The molecule has 5 nitrogen and oxygen atoms in total. The van der Waals surface area contributed by atoms with E-state index in [2.05, 4.69) is 22.2 Å². The van der Waals surface area contributed by atoms with Crippen molar-refractivity contribution >= 4 is 33.8 Å². The Morgan fingerprint density at radius 3 is 3.00 bits per heavy atom. The van der Waals surface area contributed by atoms with E-state index in [0.717, 1.165) is 11.4 Å². The number of aryl methyl sites for hydroxylation is 1. The van der Waals surface area contributed by atoms with Gasteiger partial charge in [0, 0.05) is 16.5 Å². The Hall–Kier alpha value is -1.47. The molecule has 7 heteroatoms. The van der Waals surface area contributed by atoms with Gasteiger partial charge in [-0.05, 0) is 13.3 Å². The topological polar surface area (TPSA) is 64.1 Å². The van der Waals surface area contributed by atoms with E-state index < -0.39 is 0 Å². The minimum atomic E-state index is -0.380. The summed E-state index contributed by atoms with van der Waals surface area (Å²) >= 11 is 3.07. The average molecular weight is 297 g/mol. The summed E-state index contributed by atoms with van der Waals surface area (Å²) in [5.41, 5.74) is 0.350. The van der Waals surface area contributed by atoms with Crippen LogP contribution in [0, 0.1) is 0 Å². The standard InChI is InChI=1S/C12H15N3O2S2/c1-3-8-5-13-10(19-8)6-14-12-15-9(7-18-12)11(16)17-4-2/h5,7H,3-4,6H2,1-2H3,(H,14,15). The highest BCUT2D eigenvalue weighted by molar-refractivity contribution is 7.14. The molecular weight excluding hydrogens is 282 g/mol. The molecule has 2 aromatic heterocycles. The second-order valence-corrected chi connectivity index (χ2v) is 5.74. The first-order valence-corrected chi connectivity index (χ1v) is 7.72. The molecule has 0 aliphatic heterocycles. The molecule has 102 valence electrons. The van der Waals surface area contributed by atoms with Gasteiger partial charge in [0.05, 0.1) is 13.2 Å². The molecule has 0 radical (unpaired) electrons. The van der Waals surface area contributed by atoms with Gasteiger partial charge in [0.2, 0.25) is 0 Å². The highest BCUT2D eigenvalue weighted by atomic mass is 32.1. The number of hydrogen-bond donors (Lipinski definition) is 1. The fourth-order valence-electron chi connectivity index (χ4n) is 1.40. The first-order valence-electron chi connectivity index (χ1n) is 6.03. The Kier molecular flexibility index (Phi) is 4.86. The van der Waals surface area contributed by atoms with Gasteiger partial charge in [-0.15, -0.1) is 22.7 Å². The Balaban J connectivity index is 1.91. The second kappa shape index (κ2) is 6.63. The number of carbonyl (C=O) groups is 1. The lowest BCUT2D eigenvalue weighted by Gasteiger charge is -1.98. The molecule has 0 aliphatic carbocycles. The van der Waals surface area contributed by atoms with Crippen molar-refractivity contribution in [3.05, 3.63) is 27.2 Å². The van der Waals surface area contributed by atoms with Crippen molar-refractivity contribution in [3.8, 4) is 0 Å². The van der Waals surface area contributed by atoms with Gasteiger partial charge in [-0.1, -0.05) is 6.92 Å². The summed E-state index contributed by atoms with van der Waals surface area (Å²) in [7, 11) is 0. The summed E-state index contributed by atoms with van der Waals surface area (Å²) in [6, 6.07) is 0. The van der Waals surface area contributed by atoms with E-state index in [-0.39, 0.29) is 5.97 Å². The average Bonchev–Trinajstić information content (AvgIpc) is 3.06. The third kappa shape index (κ3) is 3.74. The van der Waals surface area contributed by atoms with E-state index in [1.165, 1.54) is 16.2 Å². The van der Waals surface area contributed by atoms with Crippen molar-refractivity contribution in [1.29, 1.82) is 0 Å². The Labute approximate surface area is 119 Å². The molecule has 0 unspecified atom stereocenters. The second-order valence-electron chi connectivity index (χ2n) is 3.69. The van der Waals surface area contributed by atoms with Gasteiger partial charge in [0.1, 0.15) is 5.01 Å². The maximum atomic E-state index is 11.5. The van der Waals surface area contributed by atoms with E-state index in [0.29, 0.717) is 24.0 Å². The molecule has 0 saturated heterocycles. The highest BCUT2D eigenvalue weighted by Crippen LogP contribution is 2.19. The molecule has 2 heterocycles. The summed E-state index contributed by atoms with van der Waals surface area (Å²) in [4.78, 5) is 21.2. The van der Waals surface area contributed by atoms with E-state index in [1.807, 2.05) is 6.20 Å². The lowest BCUT2D eigenvalue weighted by Crippen LogP contribution is -2.05. The zero-order valence-electron chi connectivity index (χ0n) is 10.8. The maximum Gasteiger partial charge on any atom is 0.357 e. The SMILES string of the molecule is CCOC(=O)c1csc(NCc2ncc(CC)s2)n1. The molecule has 2 aromatic rings. The van der Waals surface area contributed by atoms with E-state index in [1.54, 1.807) is 23.6 Å². The number of rotatable bonds is 6. The van der Waals surface area contributed by atoms with E-state index >= 15 is 0 Å². The van der Waals surface area contributed by atoms with Crippen LogP contribution < -0.4 is 5.32 Å². The van der Waals surface area contributed by atoms with Gasteiger partial charge in [0.15, 0.2) is 10.8 Å². The van der Waals surface area contributed by atoms with Gasteiger partial charge in [0.25, 0.3) is 0 Å². The van der Waals surface area contributed by atoms with Gasteiger partial charge >= 0.3 is 5.97 Å². The quantitative estimate of drug-likeness (QED) is 0.830. The number of nitrogens with one attached hydrogen (secondary N) is 1. The number of anilines is 1. The third-order valence-corrected chi connectivity index (χ3v) is 4.27. The molecule has 19 heavy (non-hydrogen) atoms. The fourth-order valence-corrected chi connectivity index (χ4v) is 2.88. The zero-order valence-corrected chi connectivity index (χ0v) is 12.4. The monoisotopic (exact) mass is 297 g/mol. The molecule has 0 atom stereocenters. The molecule has 0 spiro atoms. The number of thiazole rings is 2. The molecule has 0 fully saturated rings. The molecule has 0 aliphatic rings. The normalized spacial score (nSPS) is 10.4. The smallest absolute Gasteiger partial charge is 0.357 e. The predicted molar refractivity (Wildman–Crippen MR) is 76.9 cm³/mol. The van der Waals surface area contributed by atoms with Crippen LogP contribution in [0.2, 0.25) is 0 Å². The number of ether oxygens (including phenoxy) is 1. The van der Waals surface area contributed by atoms with Gasteiger partial charge in [-0.2, -0.15) is 0 Å². The van der Waals surface area contributed by atoms with Gasteiger partial charge in [-0.3, -0.25) is 0 Å². The van der Waals surface area contributed by atoms with Crippen LogP contribution in [0.3, 0.4) is 0 Å². The summed E-state index contributed by atoms with van der Waals surface area (Å²) in [6.07, 6.45) is 2.90. The number of esters is 1. The number of carbonyl (C=O) groups excluding carboxylic acids is 1. The number of aromatic nitrogens is 2. The predicted octanol–water partition coefficient (Wildman–Crippen LogP) is 2.95. The van der Waals surface area contributed by atoms with E-state index in [9.17, 15) is 4.79 Å². The van der Waals surface area contributed by atoms with Crippen LogP contribution in [-0.4, -0.2) is 22.5 Å². The molecular formula is C12H15N3O2S2. The van der Waals surface area contributed by atoms with Crippen LogP contribution in [0.4, 0.5) is 5.13 Å². The van der Waals surface area contributed by atoms with Crippen molar-refractivity contribution in [1.82, 2.24) is 9.97 Å². The summed E-state index contributed by atoms with van der Waals surface area (Å²) in [5.74, 6) is -0.380. The van der Waals surface area contributed by atoms with Crippen LogP contribution in [0.1, 0.15) is 34.2 Å². The Morgan fingerprint density at radius 2 is 2.32 bits per heavy atom. The first kappa shape index (κ1) is 14.0. The van der Waals surface area contributed by atoms with Crippen molar-refractivity contribution in [2.24, 2.45) is 0 Å². The van der Waals surface area contributed by atoms with Crippen molar-refractivity contribution in [2.75, 3.05) is 11.9 Å². The molecule has 1 N–H and O–H groups in total. The molecule has 2 rings (SSSR count). The zero-order chi connectivity index (χ0) is 13.7. The number of nitrogens with zero attached hydrogens (tertiary/aromatic N) is 2. The van der Waals surface area contributed by atoms with Crippen molar-refractivity contribution in [3.63, 3.8) is 0 Å².